The number of likely N-dealkylation sites (tertiary alicyclic amines) is 1. The number of rotatable bonds is 6. The van der Waals surface area contributed by atoms with Gasteiger partial charge in [0.25, 0.3) is 5.91 Å². The molecule has 5 nitrogen and oxygen atoms in total. The van der Waals surface area contributed by atoms with Crippen molar-refractivity contribution >= 4 is 33.1 Å². The van der Waals surface area contributed by atoms with Gasteiger partial charge in [0, 0.05) is 36.6 Å². The Hall–Kier alpha value is -4.00. The minimum atomic E-state index is -0.104. The Morgan fingerprint density at radius 1 is 0.949 bits per heavy atom. The Kier molecular flexibility index (Phi) is 7.14. The minimum Gasteiger partial charge on any atom is -0.397 e. The summed E-state index contributed by atoms with van der Waals surface area (Å²) in [5, 5.41) is 4.12. The van der Waals surface area contributed by atoms with Gasteiger partial charge in [-0.3, -0.25) is 9.69 Å². The van der Waals surface area contributed by atoms with Gasteiger partial charge in [0.2, 0.25) is 0 Å². The molecule has 5 aromatic rings. The number of nitrogens with zero attached hydrogens (tertiary/aromatic N) is 2. The maximum absolute atomic E-state index is 13.5. The molecule has 0 bridgehead atoms. The molecule has 196 valence electrons. The number of hydrogen-bond donors (Lipinski definition) is 2. The molecular formula is C33H32N4OS. The quantitative estimate of drug-likeness (QED) is 0.249. The predicted molar refractivity (Wildman–Crippen MR) is 162 cm³/mol. The molecule has 1 amide bonds. The van der Waals surface area contributed by atoms with Crippen molar-refractivity contribution in [2.75, 3.05) is 18.8 Å². The number of benzene rings is 3. The van der Waals surface area contributed by atoms with Crippen LogP contribution in [0.2, 0.25) is 0 Å². The van der Waals surface area contributed by atoms with Crippen molar-refractivity contribution in [3.63, 3.8) is 0 Å². The van der Waals surface area contributed by atoms with Crippen molar-refractivity contribution in [3.8, 4) is 22.4 Å². The summed E-state index contributed by atoms with van der Waals surface area (Å²) in [6.45, 7) is 4.94. The number of pyridine rings is 1. The van der Waals surface area contributed by atoms with E-state index < -0.39 is 0 Å². The van der Waals surface area contributed by atoms with E-state index in [9.17, 15) is 4.79 Å². The second-order valence-corrected chi connectivity index (χ2v) is 11.3. The maximum atomic E-state index is 13.5. The highest BCUT2D eigenvalue weighted by Crippen LogP contribution is 2.41. The third-order valence-electron chi connectivity index (χ3n) is 7.51. The van der Waals surface area contributed by atoms with Gasteiger partial charge < -0.3 is 11.1 Å². The number of carbonyl (C=O) groups is 1. The van der Waals surface area contributed by atoms with Crippen molar-refractivity contribution in [2.45, 2.75) is 32.4 Å². The molecule has 1 fully saturated rings. The topological polar surface area (TPSA) is 71.2 Å². The van der Waals surface area contributed by atoms with Crippen LogP contribution in [0.1, 0.15) is 33.6 Å². The average molecular weight is 533 g/mol. The van der Waals surface area contributed by atoms with Crippen molar-refractivity contribution in [2.24, 2.45) is 0 Å². The normalized spacial score (nSPS) is 14.5. The molecule has 3 aromatic carbocycles. The van der Waals surface area contributed by atoms with Crippen LogP contribution in [-0.4, -0.2) is 34.9 Å². The zero-order chi connectivity index (χ0) is 26.8. The number of nitrogens with two attached hydrogens (primary N) is 1. The predicted octanol–water partition coefficient (Wildman–Crippen LogP) is 6.92. The van der Waals surface area contributed by atoms with E-state index in [1.165, 1.54) is 22.5 Å². The maximum Gasteiger partial charge on any atom is 0.263 e. The third-order valence-corrected chi connectivity index (χ3v) is 8.61. The van der Waals surface area contributed by atoms with Crippen molar-refractivity contribution in [1.82, 2.24) is 15.2 Å². The van der Waals surface area contributed by atoms with E-state index in [0.29, 0.717) is 10.6 Å². The molecule has 39 heavy (non-hydrogen) atoms. The second kappa shape index (κ2) is 11.0. The lowest BCUT2D eigenvalue weighted by Crippen LogP contribution is -2.44. The van der Waals surface area contributed by atoms with Gasteiger partial charge in [-0.1, -0.05) is 90.5 Å². The first-order valence-corrected chi connectivity index (χ1v) is 14.3. The summed E-state index contributed by atoms with van der Waals surface area (Å²) in [6, 6.07) is 31.3. The summed E-state index contributed by atoms with van der Waals surface area (Å²) in [4.78, 5) is 22.2. The number of anilines is 1. The molecule has 0 saturated carbocycles. The van der Waals surface area contributed by atoms with Crippen LogP contribution in [-0.2, 0) is 6.54 Å². The zero-order valence-electron chi connectivity index (χ0n) is 22.1. The van der Waals surface area contributed by atoms with Crippen molar-refractivity contribution in [3.05, 3.63) is 107 Å². The summed E-state index contributed by atoms with van der Waals surface area (Å²) in [5.41, 5.74) is 13.7. The van der Waals surface area contributed by atoms with E-state index in [1.54, 1.807) is 0 Å². The van der Waals surface area contributed by atoms with Gasteiger partial charge in [0.15, 0.2) is 0 Å². The molecule has 1 saturated heterocycles. The number of aryl methyl sites for hydroxylation is 1. The highest BCUT2D eigenvalue weighted by Gasteiger charge is 2.25. The lowest BCUT2D eigenvalue weighted by Gasteiger charge is -2.32. The summed E-state index contributed by atoms with van der Waals surface area (Å²) >= 11 is 1.39. The summed E-state index contributed by atoms with van der Waals surface area (Å²) in [6.07, 6.45) is 1.85. The molecule has 0 unspecified atom stereocenters. The molecule has 0 aliphatic carbocycles. The van der Waals surface area contributed by atoms with Gasteiger partial charge in [-0.15, -0.1) is 11.3 Å². The van der Waals surface area contributed by atoms with Crippen LogP contribution in [0.3, 0.4) is 0 Å². The largest absolute Gasteiger partial charge is 0.397 e. The molecule has 1 aliphatic heterocycles. The first-order valence-electron chi connectivity index (χ1n) is 13.5. The monoisotopic (exact) mass is 532 g/mol. The van der Waals surface area contributed by atoms with Gasteiger partial charge in [0.1, 0.15) is 9.71 Å². The van der Waals surface area contributed by atoms with Crippen LogP contribution >= 0.6 is 11.3 Å². The van der Waals surface area contributed by atoms with Gasteiger partial charge in [-0.2, -0.15) is 0 Å². The van der Waals surface area contributed by atoms with Crippen molar-refractivity contribution in [1.29, 1.82) is 0 Å². The molecular weight excluding hydrogens is 500 g/mol. The van der Waals surface area contributed by atoms with Crippen molar-refractivity contribution < 1.29 is 4.79 Å². The number of fused-ring (bicyclic) bond motifs is 1. The van der Waals surface area contributed by atoms with Crippen LogP contribution in [0.5, 0.6) is 0 Å². The molecule has 0 atom stereocenters. The average Bonchev–Trinajstić information content (AvgIpc) is 3.31. The van der Waals surface area contributed by atoms with Crippen LogP contribution in [0.15, 0.2) is 91.0 Å². The fraction of sp³-hybridized carbons (Fsp3) is 0.212. The Balaban J connectivity index is 1.26. The molecule has 0 radical (unpaired) electrons. The smallest absolute Gasteiger partial charge is 0.263 e. The van der Waals surface area contributed by atoms with E-state index in [2.05, 4.69) is 83.9 Å². The van der Waals surface area contributed by atoms with Crippen LogP contribution in [0.4, 0.5) is 5.69 Å². The molecule has 3 N–H and O–H groups in total. The number of hydrogen-bond acceptors (Lipinski definition) is 5. The molecule has 6 heteroatoms. The third kappa shape index (κ3) is 5.44. The van der Waals surface area contributed by atoms with Gasteiger partial charge in [-0.25, -0.2) is 4.98 Å². The zero-order valence-corrected chi connectivity index (χ0v) is 22.9. The summed E-state index contributed by atoms with van der Waals surface area (Å²) in [7, 11) is 0. The Labute approximate surface area is 233 Å². The number of piperidine rings is 1. The van der Waals surface area contributed by atoms with Crippen LogP contribution in [0.25, 0.3) is 32.6 Å². The Bertz CT molecular complexity index is 1590. The number of amides is 1. The fourth-order valence-corrected chi connectivity index (χ4v) is 6.36. The van der Waals surface area contributed by atoms with Gasteiger partial charge in [0.05, 0.1) is 11.4 Å². The highest BCUT2D eigenvalue weighted by atomic mass is 32.1. The van der Waals surface area contributed by atoms with E-state index in [4.69, 9.17) is 10.7 Å². The number of thiophene rings is 1. The molecule has 3 heterocycles. The number of nitrogens with one attached hydrogen (secondary N) is 1. The Morgan fingerprint density at radius 2 is 1.62 bits per heavy atom. The van der Waals surface area contributed by atoms with Gasteiger partial charge >= 0.3 is 0 Å². The SMILES string of the molecule is Cc1ccc(-c2cc(-c3ccccc3)nc3sc(C(=O)NC4CCN(Cc5ccccc5)CC4)c(N)c23)cc1. The number of aromatic nitrogens is 1. The van der Waals surface area contributed by atoms with Crippen LogP contribution < -0.4 is 11.1 Å². The molecule has 1 aliphatic rings. The molecule has 0 spiro atoms. The Morgan fingerprint density at radius 3 is 2.31 bits per heavy atom. The lowest BCUT2D eigenvalue weighted by molar-refractivity contribution is 0.0914. The number of nitrogen functional groups attached to an aromatic ring is 1. The summed E-state index contributed by atoms with van der Waals surface area (Å²) < 4.78 is 0. The van der Waals surface area contributed by atoms with Crippen LogP contribution in [0, 0.1) is 6.92 Å². The van der Waals surface area contributed by atoms with E-state index in [1.807, 2.05) is 24.3 Å². The molecule has 2 aromatic heterocycles. The first-order chi connectivity index (χ1) is 19.0. The summed E-state index contributed by atoms with van der Waals surface area (Å²) in [5.74, 6) is -0.104. The minimum absolute atomic E-state index is 0.104. The second-order valence-electron chi connectivity index (χ2n) is 10.3. The fourth-order valence-electron chi connectivity index (χ4n) is 5.34. The molecule has 6 rings (SSSR count). The van der Waals surface area contributed by atoms with E-state index in [-0.39, 0.29) is 11.9 Å². The number of carbonyl (C=O) groups excluding carboxylic acids is 1. The lowest BCUT2D eigenvalue weighted by atomic mass is 9.98. The van der Waals surface area contributed by atoms with E-state index >= 15 is 0 Å². The van der Waals surface area contributed by atoms with E-state index in [0.717, 1.165) is 65.1 Å². The van der Waals surface area contributed by atoms with Gasteiger partial charge in [-0.05, 0) is 42.5 Å². The first kappa shape index (κ1) is 25.3. The highest BCUT2D eigenvalue weighted by molar-refractivity contribution is 7.21. The standard InChI is InChI=1S/C33H32N4OS/c1-22-12-14-24(15-13-22)27-20-28(25-10-6-3-7-11-25)36-33-29(27)30(34)31(39-33)32(38)35-26-16-18-37(19-17-26)21-23-8-4-2-5-9-23/h2-15,20,26H,16-19,21,34H2,1H3,(H,35,38).